The van der Waals surface area contributed by atoms with Gasteiger partial charge in [0, 0.05) is 25.4 Å². The van der Waals surface area contributed by atoms with E-state index in [4.69, 9.17) is 0 Å². The van der Waals surface area contributed by atoms with Crippen molar-refractivity contribution in [2.45, 2.75) is 46.1 Å². The molecule has 0 spiro atoms. The molecule has 1 aromatic rings. The number of aliphatic hydroxyl groups excluding tert-OH is 1. The topological polar surface area (TPSA) is 45.1 Å². The molecule has 0 amide bonds. The molecular formula is C15H26N2O. The van der Waals surface area contributed by atoms with Crippen molar-refractivity contribution >= 4 is 0 Å². The summed E-state index contributed by atoms with van der Waals surface area (Å²) in [6, 6.07) is 6.25. The highest BCUT2D eigenvalue weighted by molar-refractivity contribution is 5.07. The average molecular weight is 250 g/mol. The van der Waals surface area contributed by atoms with Gasteiger partial charge in [0.25, 0.3) is 0 Å². The summed E-state index contributed by atoms with van der Waals surface area (Å²) in [5, 5.41) is 12.8. The second kappa shape index (κ2) is 7.49. The molecule has 1 unspecified atom stereocenters. The van der Waals surface area contributed by atoms with Gasteiger partial charge in [-0.05, 0) is 43.7 Å². The van der Waals surface area contributed by atoms with Crippen LogP contribution in [0.4, 0.5) is 0 Å². The summed E-state index contributed by atoms with van der Waals surface area (Å²) < 4.78 is 0. The van der Waals surface area contributed by atoms with E-state index in [0.29, 0.717) is 0 Å². The van der Waals surface area contributed by atoms with E-state index in [1.54, 1.807) is 0 Å². The van der Waals surface area contributed by atoms with Gasteiger partial charge >= 0.3 is 0 Å². The molecule has 2 N–H and O–H groups in total. The summed E-state index contributed by atoms with van der Waals surface area (Å²) in [6.07, 6.45) is 4.87. The molecule has 0 fully saturated rings. The lowest BCUT2D eigenvalue weighted by Gasteiger charge is -2.32. The van der Waals surface area contributed by atoms with Crippen LogP contribution in [0.2, 0.25) is 0 Å². The van der Waals surface area contributed by atoms with E-state index in [0.717, 1.165) is 31.5 Å². The van der Waals surface area contributed by atoms with Gasteiger partial charge < -0.3 is 10.4 Å². The van der Waals surface area contributed by atoms with Crippen LogP contribution in [0.5, 0.6) is 0 Å². The first-order chi connectivity index (χ1) is 8.67. The lowest BCUT2D eigenvalue weighted by Crippen LogP contribution is -2.35. The third-order valence-corrected chi connectivity index (χ3v) is 4.06. The molecule has 1 rings (SSSR count). The maximum atomic E-state index is 9.21. The SMILES string of the molecule is CCC(CC)(CCO)CNC(C)c1ccccn1. The van der Waals surface area contributed by atoms with Gasteiger partial charge in [0.15, 0.2) is 0 Å². The summed E-state index contributed by atoms with van der Waals surface area (Å²) in [5.41, 5.74) is 1.28. The fourth-order valence-electron chi connectivity index (χ4n) is 2.29. The molecule has 0 aliphatic carbocycles. The lowest BCUT2D eigenvalue weighted by molar-refractivity contribution is 0.160. The Kier molecular flexibility index (Phi) is 6.30. The molecule has 0 aliphatic heterocycles. The minimum atomic E-state index is 0.206. The van der Waals surface area contributed by atoms with E-state index in [1.165, 1.54) is 0 Å². The largest absolute Gasteiger partial charge is 0.396 e. The standard InChI is InChI=1S/C15H26N2O/c1-4-15(5-2,9-11-18)12-17-13(3)14-8-6-7-10-16-14/h6-8,10,13,17-18H,4-5,9,11-12H2,1-3H3. The maximum Gasteiger partial charge on any atom is 0.0570 e. The summed E-state index contributed by atoms with van der Waals surface area (Å²) >= 11 is 0. The molecule has 1 aromatic heterocycles. The highest BCUT2D eigenvalue weighted by atomic mass is 16.3. The van der Waals surface area contributed by atoms with Gasteiger partial charge in [-0.2, -0.15) is 0 Å². The third kappa shape index (κ3) is 4.07. The Morgan fingerprint density at radius 1 is 1.33 bits per heavy atom. The molecule has 102 valence electrons. The fourth-order valence-corrected chi connectivity index (χ4v) is 2.29. The van der Waals surface area contributed by atoms with Crippen molar-refractivity contribution in [3.8, 4) is 0 Å². The molecule has 3 heteroatoms. The van der Waals surface area contributed by atoms with E-state index < -0.39 is 0 Å². The number of hydrogen-bond acceptors (Lipinski definition) is 3. The molecule has 18 heavy (non-hydrogen) atoms. The molecule has 1 heterocycles. The average Bonchev–Trinajstić information content (AvgIpc) is 2.44. The summed E-state index contributed by atoms with van der Waals surface area (Å²) in [4.78, 5) is 4.37. The Balaban J connectivity index is 2.57. The molecule has 0 saturated heterocycles. The summed E-state index contributed by atoms with van der Waals surface area (Å²) in [5.74, 6) is 0. The Morgan fingerprint density at radius 3 is 2.56 bits per heavy atom. The molecule has 0 radical (unpaired) electrons. The van der Waals surface area contributed by atoms with Crippen molar-refractivity contribution in [1.29, 1.82) is 0 Å². The van der Waals surface area contributed by atoms with Crippen LogP contribution >= 0.6 is 0 Å². The molecule has 0 aliphatic rings. The molecule has 3 nitrogen and oxygen atoms in total. The van der Waals surface area contributed by atoms with Gasteiger partial charge in [-0.25, -0.2) is 0 Å². The highest BCUT2D eigenvalue weighted by Crippen LogP contribution is 2.30. The van der Waals surface area contributed by atoms with Gasteiger partial charge in [-0.15, -0.1) is 0 Å². The van der Waals surface area contributed by atoms with Crippen molar-refractivity contribution in [3.05, 3.63) is 30.1 Å². The van der Waals surface area contributed by atoms with Gasteiger partial charge in [0.1, 0.15) is 0 Å². The first kappa shape index (κ1) is 15.1. The number of nitrogens with zero attached hydrogens (tertiary/aromatic N) is 1. The lowest BCUT2D eigenvalue weighted by atomic mass is 9.79. The predicted molar refractivity (Wildman–Crippen MR) is 75.4 cm³/mol. The number of pyridine rings is 1. The molecule has 0 aromatic carbocycles. The van der Waals surface area contributed by atoms with Crippen molar-refractivity contribution in [2.75, 3.05) is 13.2 Å². The minimum Gasteiger partial charge on any atom is -0.396 e. The van der Waals surface area contributed by atoms with Crippen molar-refractivity contribution < 1.29 is 5.11 Å². The van der Waals surface area contributed by atoms with E-state index in [2.05, 4.69) is 31.1 Å². The summed E-state index contributed by atoms with van der Waals surface area (Å²) in [7, 11) is 0. The van der Waals surface area contributed by atoms with Crippen molar-refractivity contribution in [1.82, 2.24) is 10.3 Å². The first-order valence-corrected chi connectivity index (χ1v) is 6.92. The first-order valence-electron chi connectivity index (χ1n) is 6.92. The van der Waals surface area contributed by atoms with Crippen LogP contribution in [-0.2, 0) is 0 Å². The van der Waals surface area contributed by atoms with Crippen LogP contribution < -0.4 is 5.32 Å². The van der Waals surface area contributed by atoms with Crippen LogP contribution in [0.25, 0.3) is 0 Å². The Bertz CT molecular complexity index is 323. The van der Waals surface area contributed by atoms with Crippen molar-refractivity contribution in [3.63, 3.8) is 0 Å². The second-order valence-corrected chi connectivity index (χ2v) is 5.04. The molecule has 1 atom stereocenters. The maximum absolute atomic E-state index is 9.21. The fraction of sp³-hybridized carbons (Fsp3) is 0.667. The Hall–Kier alpha value is -0.930. The van der Waals surface area contributed by atoms with Crippen LogP contribution in [-0.4, -0.2) is 23.2 Å². The summed E-state index contributed by atoms with van der Waals surface area (Å²) in [6.45, 7) is 7.73. The van der Waals surface area contributed by atoms with E-state index in [9.17, 15) is 5.11 Å². The quantitative estimate of drug-likeness (QED) is 0.745. The van der Waals surface area contributed by atoms with Gasteiger partial charge in [0.2, 0.25) is 0 Å². The molecule has 0 saturated carbocycles. The zero-order chi connectivity index (χ0) is 13.4. The van der Waals surface area contributed by atoms with E-state index >= 15 is 0 Å². The number of hydrogen-bond donors (Lipinski definition) is 2. The van der Waals surface area contributed by atoms with E-state index in [-0.39, 0.29) is 18.1 Å². The number of nitrogens with one attached hydrogen (secondary N) is 1. The van der Waals surface area contributed by atoms with Crippen LogP contribution in [0.1, 0.15) is 51.8 Å². The number of aliphatic hydroxyl groups is 1. The number of rotatable bonds is 8. The number of aromatic nitrogens is 1. The second-order valence-electron chi connectivity index (χ2n) is 5.04. The van der Waals surface area contributed by atoms with Gasteiger partial charge in [-0.1, -0.05) is 19.9 Å². The molecular weight excluding hydrogens is 224 g/mol. The Labute approximate surface area is 111 Å². The zero-order valence-corrected chi connectivity index (χ0v) is 11.8. The van der Waals surface area contributed by atoms with Crippen LogP contribution in [0.3, 0.4) is 0 Å². The van der Waals surface area contributed by atoms with Crippen LogP contribution in [0, 0.1) is 5.41 Å². The third-order valence-electron chi connectivity index (χ3n) is 4.06. The molecule has 0 bridgehead atoms. The zero-order valence-electron chi connectivity index (χ0n) is 11.8. The van der Waals surface area contributed by atoms with Crippen LogP contribution in [0.15, 0.2) is 24.4 Å². The van der Waals surface area contributed by atoms with Crippen molar-refractivity contribution in [2.24, 2.45) is 5.41 Å². The van der Waals surface area contributed by atoms with Gasteiger partial charge in [-0.3, -0.25) is 4.98 Å². The minimum absolute atomic E-state index is 0.206. The normalized spacial score (nSPS) is 13.6. The predicted octanol–water partition coefficient (Wildman–Crippen LogP) is 2.92. The highest BCUT2D eigenvalue weighted by Gasteiger charge is 2.25. The van der Waals surface area contributed by atoms with E-state index in [1.807, 2.05) is 24.4 Å². The smallest absolute Gasteiger partial charge is 0.0570 e. The van der Waals surface area contributed by atoms with Gasteiger partial charge in [0.05, 0.1) is 5.69 Å². The Morgan fingerprint density at radius 2 is 2.06 bits per heavy atom. The monoisotopic (exact) mass is 250 g/mol.